The Morgan fingerprint density at radius 3 is 2.64 bits per heavy atom. The van der Waals surface area contributed by atoms with E-state index in [9.17, 15) is 9.18 Å². The maximum absolute atomic E-state index is 13.1. The molecule has 0 aliphatic carbocycles. The predicted molar refractivity (Wildman–Crippen MR) is 90.7 cm³/mol. The van der Waals surface area contributed by atoms with Crippen molar-refractivity contribution in [3.05, 3.63) is 57.8 Å². The summed E-state index contributed by atoms with van der Waals surface area (Å²) in [5.41, 5.74) is 1.38. The molecule has 3 rings (SSSR count). The SMILES string of the molecule is CC(C)c1c(-c2cnc(-c3ccc(F)cc3)o2)[nH]/c(=N/C=N)[nH]c1=O. The number of hydrogen-bond acceptors (Lipinski definition) is 4. The van der Waals surface area contributed by atoms with Gasteiger partial charge >= 0.3 is 0 Å². The number of oxazole rings is 1. The molecule has 128 valence electrons. The predicted octanol–water partition coefficient (Wildman–Crippen LogP) is 2.80. The molecular weight excluding hydrogens is 325 g/mol. The van der Waals surface area contributed by atoms with Crippen LogP contribution in [0.5, 0.6) is 0 Å². The number of nitrogens with one attached hydrogen (secondary N) is 3. The zero-order chi connectivity index (χ0) is 18.0. The third-order valence-electron chi connectivity index (χ3n) is 3.60. The van der Waals surface area contributed by atoms with E-state index in [1.54, 1.807) is 12.1 Å². The highest BCUT2D eigenvalue weighted by atomic mass is 19.1. The van der Waals surface area contributed by atoms with Crippen LogP contribution in [0.25, 0.3) is 22.9 Å². The van der Waals surface area contributed by atoms with Crippen LogP contribution in [-0.2, 0) is 0 Å². The molecule has 0 saturated carbocycles. The number of H-pyrrole nitrogens is 2. The number of rotatable bonds is 4. The Labute approximate surface area is 141 Å². The van der Waals surface area contributed by atoms with Crippen LogP contribution in [0.15, 0.2) is 44.7 Å². The van der Waals surface area contributed by atoms with Crippen LogP contribution in [-0.4, -0.2) is 21.3 Å². The standard InChI is InChI=1S/C17H16FN5O2/c1-9(2)13-14(22-17(21-8-19)23-15(13)24)12-7-20-16(25-12)10-3-5-11(18)6-4-10/h3-9H,1-2H3,(H3,19,21,22,23,24). The van der Waals surface area contributed by atoms with Crippen LogP contribution in [0.3, 0.4) is 0 Å². The van der Waals surface area contributed by atoms with Gasteiger partial charge in [-0.15, -0.1) is 0 Å². The molecule has 0 radical (unpaired) electrons. The van der Waals surface area contributed by atoms with E-state index in [1.807, 2.05) is 13.8 Å². The molecule has 0 bridgehead atoms. The van der Waals surface area contributed by atoms with Gasteiger partial charge in [0.1, 0.15) is 12.2 Å². The smallest absolute Gasteiger partial charge is 0.256 e. The molecule has 3 N–H and O–H groups in total. The van der Waals surface area contributed by atoms with Gasteiger partial charge in [0.05, 0.1) is 11.9 Å². The quantitative estimate of drug-likeness (QED) is 0.501. The first-order valence-corrected chi connectivity index (χ1v) is 7.61. The maximum atomic E-state index is 13.1. The normalized spacial score (nSPS) is 11.9. The molecule has 25 heavy (non-hydrogen) atoms. The van der Waals surface area contributed by atoms with Gasteiger partial charge < -0.3 is 9.40 Å². The van der Waals surface area contributed by atoms with Crippen molar-refractivity contribution in [2.24, 2.45) is 4.99 Å². The fourth-order valence-corrected chi connectivity index (χ4v) is 2.50. The number of hydrogen-bond donors (Lipinski definition) is 3. The number of benzene rings is 1. The first-order chi connectivity index (χ1) is 12.0. The highest BCUT2D eigenvalue weighted by Crippen LogP contribution is 2.28. The number of nitrogens with zero attached hydrogens (tertiary/aromatic N) is 2. The molecule has 0 aliphatic rings. The molecule has 0 saturated heterocycles. The second kappa shape index (κ2) is 6.68. The Morgan fingerprint density at radius 1 is 1.28 bits per heavy atom. The van der Waals surface area contributed by atoms with E-state index in [0.717, 1.165) is 6.34 Å². The van der Waals surface area contributed by atoms with Gasteiger partial charge in [-0.3, -0.25) is 15.2 Å². The lowest BCUT2D eigenvalue weighted by atomic mass is 10.0. The second-order valence-electron chi connectivity index (χ2n) is 5.67. The summed E-state index contributed by atoms with van der Waals surface area (Å²) in [6.45, 7) is 3.76. The lowest BCUT2D eigenvalue weighted by molar-refractivity contribution is 0.582. The van der Waals surface area contributed by atoms with Crippen LogP contribution in [0, 0.1) is 11.2 Å². The lowest BCUT2D eigenvalue weighted by Gasteiger charge is -2.09. The summed E-state index contributed by atoms with van der Waals surface area (Å²) in [5.74, 6) is 0.237. The molecule has 0 atom stereocenters. The fraction of sp³-hybridized carbons (Fsp3) is 0.176. The largest absolute Gasteiger partial charge is 0.435 e. The third-order valence-corrected chi connectivity index (χ3v) is 3.60. The minimum atomic E-state index is -0.349. The molecule has 0 aliphatic heterocycles. The maximum Gasteiger partial charge on any atom is 0.256 e. The van der Waals surface area contributed by atoms with Gasteiger partial charge in [-0.2, -0.15) is 0 Å². The molecule has 1 aromatic carbocycles. The summed E-state index contributed by atoms with van der Waals surface area (Å²) < 4.78 is 18.8. The van der Waals surface area contributed by atoms with Crippen LogP contribution in [0.2, 0.25) is 0 Å². The van der Waals surface area contributed by atoms with E-state index in [1.165, 1.54) is 18.3 Å². The van der Waals surface area contributed by atoms with Crippen LogP contribution in [0.1, 0.15) is 25.3 Å². The van der Waals surface area contributed by atoms with Crippen molar-refractivity contribution in [3.63, 3.8) is 0 Å². The Morgan fingerprint density at radius 2 is 2.00 bits per heavy atom. The van der Waals surface area contributed by atoms with Crippen molar-refractivity contribution in [1.82, 2.24) is 15.0 Å². The lowest BCUT2D eigenvalue weighted by Crippen LogP contribution is -2.28. The Hall–Kier alpha value is -3.29. The average molecular weight is 341 g/mol. The number of aromatic nitrogens is 3. The van der Waals surface area contributed by atoms with E-state index in [0.29, 0.717) is 28.5 Å². The van der Waals surface area contributed by atoms with Crippen LogP contribution in [0.4, 0.5) is 4.39 Å². The van der Waals surface area contributed by atoms with Gasteiger partial charge in [0, 0.05) is 11.1 Å². The Kier molecular flexibility index (Phi) is 4.42. The van der Waals surface area contributed by atoms with E-state index in [2.05, 4.69) is 19.9 Å². The molecule has 7 nitrogen and oxygen atoms in total. The van der Waals surface area contributed by atoms with Gasteiger partial charge in [0.2, 0.25) is 11.5 Å². The van der Waals surface area contributed by atoms with Crippen LogP contribution < -0.4 is 11.2 Å². The minimum absolute atomic E-state index is 0.0802. The van der Waals surface area contributed by atoms with Crippen molar-refractivity contribution >= 4 is 6.34 Å². The molecule has 3 aromatic rings. The fourth-order valence-electron chi connectivity index (χ4n) is 2.50. The van der Waals surface area contributed by atoms with Crippen molar-refractivity contribution in [2.45, 2.75) is 19.8 Å². The summed E-state index contributed by atoms with van der Waals surface area (Å²) >= 11 is 0. The number of halogens is 1. The molecule has 0 fully saturated rings. The number of aromatic amines is 2. The molecule has 0 amide bonds. The van der Waals surface area contributed by atoms with E-state index >= 15 is 0 Å². The Bertz CT molecular complexity index is 1030. The highest BCUT2D eigenvalue weighted by Gasteiger charge is 2.18. The summed E-state index contributed by atoms with van der Waals surface area (Å²) in [7, 11) is 0. The minimum Gasteiger partial charge on any atom is -0.435 e. The molecule has 2 heterocycles. The third kappa shape index (κ3) is 3.32. The van der Waals surface area contributed by atoms with Gasteiger partial charge in [-0.25, -0.2) is 14.4 Å². The van der Waals surface area contributed by atoms with Gasteiger partial charge in [0.15, 0.2) is 5.76 Å². The molecule has 0 spiro atoms. The van der Waals surface area contributed by atoms with Gasteiger partial charge in [-0.1, -0.05) is 13.8 Å². The highest BCUT2D eigenvalue weighted by molar-refractivity contribution is 5.61. The first kappa shape index (κ1) is 16.6. The zero-order valence-corrected chi connectivity index (χ0v) is 13.6. The molecule has 8 heteroatoms. The van der Waals surface area contributed by atoms with Crippen molar-refractivity contribution in [3.8, 4) is 22.9 Å². The van der Waals surface area contributed by atoms with Crippen LogP contribution >= 0.6 is 0 Å². The summed E-state index contributed by atoms with van der Waals surface area (Å²) in [6.07, 6.45) is 2.31. The topological polar surface area (TPSA) is 111 Å². The average Bonchev–Trinajstić information content (AvgIpc) is 3.04. The first-order valence-electron chi connectivity index (χ1n) is 7.61. The summed E-state index contributed by atoms with van der Waals surface area (Å²) in [5, 5.41) is 7.06. The molecule has 0 unspecified atom stereocenters. The van der Waals surface area contributed by atoms with Crippen molar-refractivity contribution in [2.75, 3.05) is 0 Å². The molecule has 2 aromatic heterocycles. The van der Waals surface area contributed by atoms with Gasteiger partial charge in [-0.05, 0) is 30.2 Å². The monoisotopic (exact) mass is 341 g/mol. The second-order valence-corrected chi connectivity index (χ2v) is 5.67. The van der Waals surface area contributed by atoms with E-state index in [-0.39, 0.29) is 22.9 Å². The summed E-state index contributed by atoms with van der Waals surface area (Å²) in [4.78, 5) is 25.8. The van der Waals surface area contributed by atoms with Gasteiger partial charge in [0.25, 0.3) is 5.56 Å². The summed E-state index contributed by atoms with van der Waals surface area (Å²) in [6, 6.07) is 5.76. The van der Waals surface area contributed by atoms with E-state index in [4.69, 9.17) is 9.83 Å². The van der Waals surface area contributed by atoms with Crippen molar-refractivity contribution in [1.29, 1.82) is 5.41 Å². The van der Waals surface area contributed by atoms with Crippen molar-refractivity contribution < 1.29 is 8.81 Å². The molecular formula is C17H16FN5O2. The Balaban J connectivity index is 2.16. The zero-order valence-electron chi connectivity index (χ0n) is 13.6. The van der Waals surface area contributed by atoms with E-state index < -0.39 is 0 Å².